The molecule has 0 aromatic carbocycles. The number of esters is 1. The van der Waals surface area contributed by atoms with E-state index in [1.165, 1.54) is 116 Å². The summed E-state index contributed by atoms with van der Waals surface area (Å²) in [7, 11) is 4.27. The highest BCUT2D eigenvalue weighted by Crippen LogP contribution is 2.39. The molecule has 0 aliphatic carbocycles. The van der Waals surface area contributed by atoms with Gasteiger partial charge in [0.25, 0.3) is 0 Å². The molecule has 0 fully saturated rings. The van der Waals surface area contributed by atoms with Crippen molar-refractivity contribution in [2.45, 2.75) is 221 Å². The Morgan fingerprint density at radius 1 is 0.585 bits per heavy atom. The van der Waals surface area contributed by atoms with Crippen LogP contribution in [0.4, 0.5) is 0 Å². The van der Waals surface area contributed by atoms with Crippen LogP contribution in [0.15, 0.2) is 34.3 Å². The Morgan fingerprint density at radius 3 is 1.49 bits per heavy atom. The molecule has 0 heterocycles. The molecule has 0 saturated carbocycles. The van der Waals surface area contributed by atoms with Gasteiger partial charge in [-0.2, -0.15) is 0 Å². The van der Waals surface area contributed by atoms with E-state index in [0.717, 1.165) is 71.0 Å². The van der Waals surface area contributed by atoms with Crippen LogP contribution in [0.2, 0.25) is 0 Å². The second-order valence-corrected chi connectivity index (χ2v) is 17.8. The maximum atomic E-state index is 13.3. The number of ether oxygens (including phenoxy) is 1. The summed E-state index contributed by atoms with van der Waals surface area (Å²) in [5.41, 5.74) is 0.124. The Labute approximate surface area is 331 Å². The summed E-state index contributed by atoms with van der Waals surface area (Å²) in [6.45, 7) is 16.4. The van der Waals surface area contributed by atoms with Gasteiger partial charge in [-0.25, -0.2) is 0 Å². The van der Waals surface area contributed by atoms with Gasteiger partial charge >= 0.3 is 5.97 Å². The molecular formula is C48H91N3O2. The minimum atomic E-state index is -0.0703. The van der Waals surface area contributed by atoms with Gasteiger partial charge in [0.15, 0.2) is 0 Å². The van der Waals surface area contributed by atoms with Crippen molar-refractivity contribution in [2.75, 3.05) is 33.7 Å². The van der Waals surface area contributed by atoms with Crippen LogP contribution < -0.4 is 0 Å². The second kappa shape index (κ2) is 35.9. The number of carbonyl (C=O) groups is 1. The summed E-state index contributed by atoms with van der Waals surface area (Å²) in [4.78, 5) is 24.7. The maximum absolute atomic E-state index is 13.3. The molecule has 0 N–H and O–H groups in total. The number of aliphatic imine (C=N–C) groups is 2. The molecule has 0 aliphatic heterocycles. The molecule has 0 rings (SSSR count). The van der Waals surface area contributed by atoms with Crippen molar-refractivity contribution < 1.29 is 9.53 Å². The topological polar surface area (TPSA) is 54.3 Å². The first-order valence-corrected chi connectivity index (χ1v) is 22.6. The summed E-state index contributed by atoms with van der Waals surface area (Å²) < 4.78 is 6.25. The highest BCUT2D eigenvalue weighted by atomic mass is 16.5. The van der Waals surface area contributed by atoms with Gasteiger partial charge in [-0.05, 0) is 134 Å². The molecule has 0 atom stereocenters. The third kappa shape index (κ3) is 38.3. The van der Waals surface area contributed by atoms with Gasteiger partial charge in [-0.1, -0.05) is 143 Å². The van der Waals surface area contributed by atoms with E-state index in [1.54, 1.807) is 0 Å². The third-order valence-electron chi connectivity index (χ3n) is 10.3. The molecular weight excluding hydrogens is 651 g/mol. The van der Waals surface area contributed by atoms with Gasteiger partial charge in [-0.3, -0.25) is 14.8 Å². The molecule has 0 unspecified atom stereocenters. The van der Waals surface area contributed by atoms with Crippen molar-refractivity contribution in [1.29, 1.82) is 0 Å². The van der Waals surface area contributed by atoms with E-state index < -0.39 is 0 Å². The van der Waals surface area contributed by atoms with Gasteiger partial charge < -0.3 is 9.64 Å². The normalized spacial score (nSPS) is 13.5. The zero-order valence-electron chi connectivity index (χ0n) is 36.9. The van der Waals surface area contributed by atoms with Crippen molar-refractivity contribution in [3.63, 3.8) is 0 Å². The molecule has 0 aliphatic rings. The first kappa shape index (κ1) is 51.2. The first-order valence-electron chi connectivity index (χ1n) is 22.6. The Morgan fingerprint density at radius 2 is 1.02 bits per heavy atom. The summed E-state index contributed by atoms with van der Waals surface area (Å²) in [6.07, 6.45) is 45.3. The molecule has 0 aromatic heterocycles. The summed E-state index contributed by atoms with van der Waals surface area (Å²) in [6, 6.07) is 0. The fraction of sp³-hybridized carbons (Fsp3) is 0.854. The largest absolute Gasteiger partial charge is 0.462 e. The molecule has 310 valence electrons. The van der Waals surface area contributed by atoms with Crippen molar-refractivity contribution >= 4 is 18.4 Å². The van der Waals surface area contributed by atoms with Crippen LogP contribution in [0.5, 0.6) is 0 Å². The highest BCUT2D eigenvalue weighted by Gasteiger charge is 2.32. The van der Waals surface area contributed by atoms with Gasteiger partial charge in [0, 0.05) is 0 Å². The Kier molecular flexibility index (Phi) is 34.7. The molecule has 0 bridgehead atoms. The predicted molar refractivity (Wildman–Crippen MR) is 237 cm³/mol. The van der Waals surface area contributed by atoms with E-state index in [1.807, 2.05) is 0 Å². The average Bonchev–Trinajstić information content (AvgIpc) is 3.09. The molecule has 0 spiro atoms. The van der Waals surface area contributed by atoms with E-state index in [-0.39, 0.29) is 22.9 Å². The van der Waals surface area contributed by atoms with Gasteiger partial charge in [0.2, 0.25) is 0 Å². The smallest absolute Gasteiger partial charge is 0.306 e. The maximum Gasteiger partial charge on any atom is 0.306 e. The summed E-state index contributed by atoms with van der Waals surface area (Å²) >= 11 is 0. The zero-order valence-corrected chi connectivity index (χ0v) is 36.9. The van der Waals surface area contributed by atoms with Crippen molar-refractivity contribution in [2.24, 2.45) is 20.8 Å². The average molecular weight is 742 g/mol. The number of unbranched alkanes of at least 4 members (excludes halogenated alkanes) is 18. The van der Waals surface area contributed by atoms with Crippen LogP contribution in [0.25, 0.3) is 0 Å². The number of hydrogen-bond donors (Lipinski definition) is 0. The number of hydrogen-bond acceptors (Lipinski definition) is 5. The van der Waals surface area contributed by atoms with E-state index in [4.69, 9.17) is 4.74 Å². The lowest BCUT2D eigenvalue weighted by molar-refractivity contribution is -0.152. The van der Waals surface area contributed by atoms with E-state index >= 15 is 0 Å². The minimum Gasteiger partial charge on any atom is -0.462 e. The fourth-order valence-electron chi connectivity index (χ4n) is 7.35. The van der Waals surface area contributed by atoms with E-state index in [2.05, 4.69) is 107 Å². The monoisotopic (exact) mass is 742 g/mol. The third-order valence-corrected chi connectivity index (χ3v) is 10.3. The van der Waals surface area contributed by atoms with Crippen molar-refractivity contribution in [3.8, 4) is 0 Å². The molecule has 5 nitrogen and oxygen atoms in total. The van der Waals surface area contributed by atoms with Crippen LogP contribution in [-0.4, -0.2) is 63.1 Å². The first-order chi connectivity index (χ1) is 25.5. The quantitative estimate of drug-likeness (QED) is 0.0274. The van der Waals surface area contributed by atoms with Crippen molar-refractivity contribution in [1.82, 2.24) is 4.90 Å². The van der Waals surface area contributed by atoms with Gasteiger partial charge in [-0.15, -0.1) is 0 Å². The molecule has 0 aromatic rings. The fourth-order valence-corrected chi connectivity index (χ4v) is 7.35. The standard InChI is InChI=1S/C48H91N3O2/c1-9-11-13-15-19-25-31-38-49-40-33-27-21-17-23-29-35-45(53-46(52)43-48(5,6)44-47(3,4)37-42-51(7)8)36-30-24-18-22-28-34-41-50-39-32-26-20-16-14-12-10-2/h25-26,31-32,40-41,45H,9-24,27-30,33-39,42-44H2,1-8H3/b31-25-,32-26-,49-40?,50-41?. The van der Waals surface area contributed by atoms with E-state index in [0.29, 0.717) is 6.42 Å². The van der Waals surface area contributed by atoms with Crippen LogP contribution in [0, 0.1) is 10.8 Å². The highest BCUT2D eigenvalue weighted by molar-refractivity contribution is 5.70. The molecule has 5 heteroatoms. The SMILES string of the molecule is CCCCCC/C=C\CN=CCCCCCCCC(CCCCCCCC=NC/C=C\CCCCCC)OC(=O)CC(C)(C)CC(C)(C)CCN(C)C. The number of nitrogens with zero attached hydrogens (tertiary/aromatic N) is 3. The van der Waals surface area contributed by atoms with Gasteiger partial charge in [0.05, 0.1) is 19.5 Å². The minimum absolute atomic E-state index is 0.000315. The number of allylic oxidation sites excluding steroid dienone is 2. The molecule has 0 amide bonds. The molecule has 53 heavy (non-hydrogen) atoms. The predicted octanol–water partition coefficient (Wildman–Crippen LogP) is 14.3. The lowest BCUT2D eigenvalue weighted by Gasteiger charge is -2.35. The zero-order chi connectivity index (χ0) is 39.3. The van der Waals surface area contributed by atoms with Crippen LogP contribution >= 0.6 is 0 Å². The number of carbonyl (C=O) groups excluding carboxylic acids is 1. The van der Waals surface area contributed by atoms with Crippen molar-refractivity contribution in [3.05, 3.63) is 24.3 Å². The Bertz CT molecular complexity index is 885. The van der Waals surface area contributed by atoms with Crippen LogP contribution in [0.1, 0.15) is 215 Å². The van der Waals surface area contributed by atoms with Crippen LogP contribution in [0.3, 0.4) is 0 Å². The molecule has 0 saturated heterocycles. The Hall–Kier alpha value is -1.75. The molecule has 0 radical (unpaired) electrons. The second-order valence-electron chi connectivity index (χ2n) is 17.8. The lowest BCUT2D eigenvalue weighted by atomic mass is 9.72. The summed E-state index contributed by atoms with van der Waals surface area (Å²) in [5, 5.41) is 0. The number of rotatable bonds is 38. The van der Waals surface area contributed by atoms with Crippen LogP contribution in [-0.2, 0) is 9.53 Å². The van der Waals surface area contributed by atoms with E-state index in [9.17, 15) is 4.79 Å². The van der Waals surface area contributed by atoms with Gasteiger partial charge in [0.1, 0.15) is 6.10 Å². The lowest BCUT2D eigenvalue weighted by Crippen LogP contribution is -2.30. The Balaban J connectivity index is 4.54. The summed E-state index contributed by atoms with van der Waals surface area (Å²) in [5.74, 6) is -0.000315.